The maximum atomic E-state index is 11.1. The van der Waals surface area contributed by atoms with E-state index in [1.54, 1.807) is 18.3 Å². The summed E-state index contributed by atoms with van der Waals surface area (Å²) in [5.74, 6) is -0.114. The molecule has 0 fully saturated rings. The Morgan fingerprint density at radius 3 is 3.00 bits per heavy atom. The summed E-state index contributed by atoms with van der Waals surface area (Å²) in [5, 5.41) is 5.80. The average molecular weight is 213 g/mol. The minimum atomic E-state index is -0.438. The number of amides is 1. The van der Waals surface area contributed by atoms with Gasteiger partial charge in [-0.3, -0.25) is 4.79 Å². The largest absolute Gasteiger partial charge is 0.354 e. The van der Waals surface area contributed by atoms with Gasteiger partial charge in [-0.05, 0) is 13.8 Å². The fraction of sp³-hybridized carbons (Fsp3) is 0.556. The molecule has 1 heterocycles. The first-order valence-electron chi connectivity index (χ1n) is 4.54. The first-order chi connectivity index (χ1) is 6.59. The molecule has 0 aliphatic carbocycles. The average Bonchev–Trinajstić information content (AvgIpc) is 2.51. The van der Waals surface area contributed by atoms with Crippen LogP contribution in [0, 0.1) is 6.92 Å². The van der Waals surface area contributed by atoms with Gasteiger partial charge in [-0.15, -0.1) is 11.3 Å². The lowest BCUT2D eigenvalue weighted by Crippen LogP contribution is -2.39. The van der Waals surface area contributed by atoms with Crippen LogP contribution in [-0.2, 0) is 11.2 Å². The van der Waals surface area contributed by atoms with Crippen molar-refractivity contribution in [2.75, 3.05) is 6.54 Å². The molecule has 3 N–H and O–H groups in total. The fourth-order valence-corrected chi connectivity index (χ4v) is 1.64. The zero-order valence-corrected chi connectivity index (χ0v) is 9.23. The second-order valence-corrected chi connectivity index (χ2v) is 4.25. The number of rotatable bonds is 4. The molecule has 0 saturated heterocycles. The van der Waals surface area contributed by atoms with Crippen LogP contribution in [0.25, 0.3) is 0 Å². The van der Waals surface area contributed by atoms with E-state index in [9.17, 15) is 4.79 Å². The van der Waals surface area contributed by atoms with E-state index in [1.807, 2.05) is 12.3 Å². The molecule has 0 aromatic carbocycles. The number of carbonyl (C=O) groups excluding carboxylic acids is 1. The molecule has 1 aromatic heterocycles. The maximum absolute atomic E-state index is 11.1. The highest BCUT2D eigenvalue weighted by Gasteiger charge is 2.06. The summed E-state index contributed by atoms with van der Waals surface area (Å²) in [5.41, 5.74) is 6.42. The molecule has 4 nitrogen and oxygen atoms in total. The smallest absolute Gasteiger partial charge is 0.236 e. The Kier molecular flexibility index (Phi) is 4.03. The van der Waals surface area contributed by atoms with Gasteiger partial charge in [0.2, 0.25) is 5.91 Å². The third-order valence-electron chi connectivity index (χ3n) is 1.76. The molecule has 0 aliphatic rings. The number of hydrogen-bond acceptors (Lipinski definition) is 4. The maximum Gasteiger partial charge on any atom is 0.236 e. The molecular weight excluding hydrogens is 198 g/mol. The summed E-state index contributed by atoms with van der Waals surface area (Å²) >= 11 is 1.62. The summed E-state index contributed by atoms with van der Waals surface area (Å²) in [4.78, 5) is 15.4. The van der Waals surface area contributed by atoms with Gasteiger partial charge < -0.3 is 11.1 Å². The van der Waals surface area contributed by atoms with Crippen molar-refractivity contribution in [2.24, 2.45) is 5.73 Å². The van der Waals surface area contributed by atoms with Crippen LogP contribution in [-0.4, -0.2) is 23.5 Å². The first-order valence-corrected chi connectivity index (χ1v) is 5.42. The number of thiazole rings is 1. The number of aromatic nitrogens is 1. The van der Waals surface area contributed by atoms with Gasteiger partial charge in [-0.1, -0.05) is 0 Å². The highest BCUT2D eigenvalue weighted by atomic mass is 32.1. The Morgan fingerprint density at radius 2 is 2.50 bits per heavy atom. The van der Waals surface area contributed by atoms with E-state index < -0.39 is 6.04 Å². The monoisotopic (exact) mass is 213 g/mol. The van der Waals surface area contributed by atoms with Gasteiger partial charge in [0.05, 0.1) is 16.7 Å². The summed E-state index contributed by atoms with van der Waals surface area (Å²) in [6.45, 7) is 4.24. The molecule has 0 unspecified atom stereocenters. The van der Waals surface area contributed by atoms with Gasteiger partial charge in [0.15, 0.2) is 0 Å². The van der Waals surface area contributed by atoms with E-state index in [2.05, 4.69) is 10.3 Å². The molecular formula is C9H15N3OS. The molecule has 5 heteroatoms. The minimum Gasteiger partial charge on any atom is -0.354 e. The van der Waals surface area contributed by atoms with Crippen molar-refractivity contribution in [3.8, 4) is 0 Å². The van der Waals surface area contributed by atoms with Crippen molar-refractivity contribution in [3.05, 3.63) is 16.1 Å². The highest BCUT2D eigenvalue weighted by Crippen LogP contribution is 2.07. The van der Waals surface area contributed by atoms with Crippen molar-refractivity contribution >= 4 is 17.2 Å². The Hall–Kier alpha value is -0.940. The molecule has 0 bridgehead atoms. The topological polar surface area (TPSA) is 68.0 Å². The van der Waals surface area contributed by atoms with E-state index in [0.717, 1.165) is 17.1 Å². The third-order valence-corrected chi connectivity index (χ3v) is 2.58. The van der Waals surface area contributed by atoms with Crippen molar-refractivity contribution in [1.29, 1.82) is 0 Å². The van der Waals surface area contributed by atoms with Crippen LogP contribution in [0.3, 0.4) is 0 Å². The van der Waals surface area contributed by atoms with Crippen LogP contribution >= 0.6 is 11.3 Å². The van der Waals surface area contributed by atoms with Gasteiger partial charge >= 0.3 is 0 Å². The quantitative estimate of drug-likeness (QED) is 0.763. The van der Waals surface area contributed by atoms with E-state index in [0.29, 0.717) is 6.54 Å². The molecule has 0 spiro atoms. The summed E-state index contributed by atoms with van der Waals surface area (Å²) in [6.07, 6.45) is 0.767. The molecule has 14 heavy (non-hydrogen) atoms. The number of carbonyl (C=O) groups is 1. The molecule has 0 aliphatic heterocycles. The lowest BCUT2D eigenvalue weighted by atomic mass is 10.3. The molecule has 0 radical (unpaired) electrons. The zero-order chi connectivity index (χ0) is 10.6. The van der Waals surface area contributed by atoms with Crippen LogP contribution in [0.15, 0.2) is 5.38 Å². The Bertz CT molecular complexity index is 309. The standard InChI is InChI=1S/C9H15N3OS/c1-6(10)9(13)11-4-3-8-5-14-7(2)12-8/h5-6H,3-4,10H2,1-2H3,(H,11,13)/t6-/m0/s1. The van der Waals surface area contributed by atoms with Gasteiger partial charge in [-0.25, -0.2) is 4.98 Å². The number of hydrogen-bond donors (Lipinski definition) is 2. The van der Waals surface area contributed by atoms with Crippen LogP contribution in [0.5, 0.6) is 0 Å². The lowest BCUT2D eigenvalue weighted by molar-refractivity contribution is -0.121. The van der Waals surface area contributed by atoms with E-state index in [-0.39, 0.29) is 5.91 Å². The van der Waals surface area contributed by atoms with Crippen LogP contribution in [0.1, 0.15) is 17.6 Å². The number of aryl methyl sites for hydroxylation is 1. The van der Waals surface area contributed by atoms with E-state index >= 15 is 0 Å². The molecule has 1 atom stereocenters. The molecule has 1 rings (SSSR count). The Balaban J connectivity index is 2.25. The first kappa shape index (κ1) is 11.1. The van der Waals surface area contributed by atoms with Crippen LogP contribution < -0.4 is 11.1 Å². The predicted molar refractivity (Wildman–Crippen MR) is 57.2 cm³/mol. The second kappa shape index (κ2) is 5.07. The van der Waals surface area contributed by atoms with Crippen molar-refractivity contribution in [2.45, 2.75) is 26.3 Å². The van der Waals surface area contributed by atoms with E-state index in [1.165, 1.54) is 0 Å². The van der Waals surface area contributed by atoms with Crippen molar-refractivity contribution in [3.63, 3.8) is 0 Å². The fourth-order valence-electron chi connectivity index (χ4n) is 0.998. The summed E-state index contributed by atoms with van der Waals surface area (Å²) in [7, 11) is 0. The van der Waals surface area contributed by atoms with Crippen molar-refractivity contribution < 1.29 is 4.79 Å². The SMILES string of the molecule is Cc1nc(CCNC(=O)[C@H](C)N)cs1. The van der Waals surface area contributed by atoms with Gasteiger partial charge in [0.1, 0.15) is 0 Å². The molecule has 0 saturated carbocycles. The van der Waals surface area contributed by atoms with Gasteiger partial charge in [0, 0.05) is 18.3 Å². The number of nitrogens with one attached hydrogen (secondary N) is 1. The van der Waals surface area contributed by atoms with Crippen LogP contribution in [0.4, 0.5) is 0 Å². The third kappa shape index (κ3) is 3.43. The van der Waals surface area contributed by atoms with Crippen molar-refractivity contribution in [1.82, 2.24) is 10.3 Å². The van der Waals surface area contributed by atoms with Gasteiger partial charge in [-0.2, -0.15) is 0 Å². The number of nitrogens with zero attached hydrogens (tertiary/aromatic N) is 1. The Morgan fingerprint density at radius 1 is 1.79 bits per heavy atom. The van der Waals surface area contributed by atoms with Crippen LogP contribution in [0.2, 0.25) is 0 Å². The molecule has 78 valence electrons. The summed E-state index contributed by atoms with van der Waals surface area (Å²) in [6, 6.07) is -0.438. The molecule has 1 aromatic rings. The van der Waals surface area contributed by atoms with Gasteiger partial charge in [0.25, 0.3) is 0 Å². The second-order valence-electron chi connectivity index (χ2n) is 3.19. The molecule has 1 amide bonds. The highest BCUT2D eigenvalue weighted by molar-refractivity contribution is 7.09. The lowest BCUT2D eigenvalue weighted by Gasteiger charge is -2.05. The number of nitrogens with two attached hydrogens (primary N) is 1. The minimum absolute atomic E-state index is 0.114. The predicted octanol–water partition coefficient (Wildman–Crippen LogP) is 0.457. The zero-order valence-electron chi connectivity index (χ0n) is 8.41. The van der Waals surface area contributed by atoms with E-state index in [4.69, 9.17) is 5.73 Å². The Labute approximate surface area is 87.5 Å². The summed E-state index contributed by atoms with van der Waals surface area (Å²) < 4.78 is 0. The normalized spacial score (nSPS) is 12.5.